The second kappa shape index (κ2) is 8.54. The minimum absolute atomic E-state index is 0.423. The van der Waals surface area contributed by atoms with Crippen molar-refractivity contribution in [1.29, 1.82) is 0 Å². The van der Waals surface area contributed by atoms with Gasteiger partial charge in [-0.3, -0.25) is 0 Å². The molecule has 0 aliphatic heterocycles. The van der Waals surface area contributed by atoms with Crippen LogP contribution in [0.1, 0.15) is 52.3 Å². The molecule has 2 nitrogen and oxygen atoms in total. The molecule has 18 heavy (non-hydrogen) atoms. The maximum atomic E-state index is 4.54. The lowest BCUT2D eigenvalue weighted by atomic mass is 9.83. The lowest BCUT2D eigenvalue weighted by Crippen LogP contribution is -2.25. The first-order valence-electron chi connectivity index (χ1n) is 6.71. The molecule has 0 unspecified atom stereocenters. The minimum Gasteiger partial charge on any atom is -0.213 e. The fraction of sp³-hybridized carbons (Fsp3) is 0.846. The van der Waals surface area contributed by atoms with E-state index in [0.29, 0.717) is 5.41 Å². The van der Waals surface area contributed by atoms with Crippen LogP contribution in [0, 0.1) is 5.41 Å². The summed E-state index contributed by atoms with van der Waals surface area (Å²) in [5.74, 6) is 2.14. The second-order valence-corrected chi connectivity index (χ2v) is 7.29. The molecule has 0 spiro atoms. The number of hydrogen-bond donors (Lipinski definition) is 0. The maximum absolute atomic E-state index is 4.54. The normalized spacial score (nSPS) is 12.0. The summed E-state index contributed by atoms with van der Waals surface area (Å²) >= 11 is 7.15. The van der Waals surface area contributed by atoms with E-state index in [0.717, 1.165) is 27.7 Å². The van der Waals surface area contributed by atoms with Crippen LogP contribution in [0.5, 0.6) is 0 Å². The second-order valence-electron chi connectivity index (χ2n) is 4.75. The monoisotopic (exact) mass is 350 g/mol. The fourth-order valence-electron chi connectivity index (χ4n) is 2.16. The van der Waals surface area contributed by atoms with Gasteiger partial charge in [-0.25, -0.2) is 4.98 Å². The molecule has 5 heteroatoms. The van der Waals surface area contributed by atoms with Crippen LogP contribution >= 0.6 is 39.2 Å². The zero-order valence-corrected chi connectivity index (χ0v) is 14.8. The summed E-state index contributed by atoms with van der Waals surface area (Å²) in [6.45, 7) is 6.66. The van der Waals surface area contributed by atoms with E-state index in [2.05, 4.69) is 46.1 Å². The van der Waals surface area contributed by atoms with Crippen LogP contribution in [0.15, 0.2) is 4.34 Å². The molecule has 0 aliphatic rings. The number of aromatic nitrogens is 2. The summed E-state index contributed by atoms with van der Waals surface area (Å²) in [5.41, 5.74) is 0.423. The average molecular weight is 351 g/mol. The third-order valence-corrected chi connectivity index (χ3v) is 6.52. The lowest BCUT2D eigenvalue weighted by Gasteiger charge is -2.30. The summed E-state index contributed by atoms with van der Waals surface area (Å²) in [6, 6.07) is 0. The molecule has 0 fully saturated rings. The van der Waals surface area contributed by atoms with Crippen molar-refractivity contribution in [3.63, 3.8) is 0 Å². The first-order valence-corrected chi connectivity index (χ1v) is 9.59. The Morgan fingerprint density at radius 1 is 1.22 bits per heavy atom. The summed E-state index contributed by atoms with van der Waals surface area (Å²) < 4.78 is 5.48. The summed E-state index contributed by atoms with van der Waals surface area (Å²) in [5, 5.41) is 1.09. The first kappa shape index (κ1) is 16.4. The Morgan fingerprint density at radius 3 is 2.33 bits per heavy atom. The van der Waals surface area contributed by atoms with Crippen molar-refractivity contribution >= 4 is 39.2 Å². The van der Waals surface area contributed by atoms with Gasteiger partial charge in [-0.1, -0.05) is 61.3 Å². The molecule has 104 valence electrons. The molecule has 0 radical (unpaired) electrons. The zero-order chi connectivity index (χ0) is 13.4. The van der Waals surface area contributed by atoms with Gasteiger partial charge in [-0.2, -0.15) is 4.37 Å². The Bertz CT molecular complexity index is 335. The van der Waals surface area contributed by atoms with Crippen molar-refractivity contribution in [1.82, 2.24) is 9.36 Å². The minimum atomic E-state index is 0.423. The lowest BCUT2D eigenvalue weighted by molar-refractivity contribution is 0.320. The topological polar surface area (TPSA) is 25.8 Å². The molecular formula is C13H23BrN2S2. The Hall–Kier alpha value is 0.390. The molecule has 0 bridgehead atoms. The van der Waals surface area contributed by atoms with Crippen molar-refractivity contribution in [2.75, 3.05) is 11.1 Å². The van der Waals surface area contributed by atoms with Gasteiger partial charge in [0.15, 0.2) is 4.34 Å². The molecule has 0 aliphatic carbocycles. The van der Waals surface area contributed by atoms with Crippen LogP contribution in [-0.4, -0.2) is 20.4 Å². The van der Waals surface area contributed by atoms with Crippen molar-refractivity contribution in [2.24, 2.45) is 5.41 Å². The third kappa shape index (κ3) is 4.82. The first-order chi connectivity index (χ1) is 8.69. The molecule has 0 N–H and O–H groups in total. The highest BCUT2D eigenvalue weighted by Crippen LogP contribution is 2.38. The van der Waals surface area contributed by atoms with Crippen molar-refractivity contribution in [3.05, 3.63) is 5.82 Å². The number of alkyl halides is 1. The summed E-state index contributed by atoms with van der Waals surface area (Å²) in [7, 11) is 0. The molecule has 0 saturated carbocycles. The fourth-order valence-corrected chi connectivity index (χ4v) is 5.17. The van der Waals surface area contributed by atoms with E-state index in [1.807, 2.05) is 11.8 Å². The van der Waals surface area contributed by atoms with Crippen LogP contribution in [0.2, 0.25) is 0 Å². The Labute approximate surface area is 128 Å². The van der Waals surface area contributed by atoms with E-state index in [1.54, 1.807) is 11.5 Å². The van der Waals surface area contributed by atoms with Gasteiger partial charge in [0.05, 0.1) is 0 Å². The number of rotatable bonds is 9. The van der Waals surface area contributed by atoms with Gasteiger partial charge in [0.2, 0.25) is 0 Å². The van der Waals surface area contributed by atoms with Gasteiger partial charge in [0, 0.05) is 17.5 Å². The Kier molecular flexibility index (Phi) is 7.80. The van der Waals surface area contributed by atoms with Gasteiger partial charge in [0.25, 0.3) is 0 Å². The molecule has 0 amide bonds. The molecule has 1 aromatic heterocycles. The van der Waals surface area contributed by atoms with E-state index in [1.165, 1.54) is 25.7 Å². The highest BCUT2D eigenvalue weighted by atomic mass is 79.9. The predicted octanol–water partition coefficient (Wildman–Crippen LogP) is 5.17. The smallest absolute Gasteiger partial charge is 0.170 e. The molecule has 1 heterocycles. The van der Waals surface area contributed by atoms with Gasteiger partial charge in [0.1, 0.15) is 5.82 Å². The number of nitrogens with zero attached hydrogens (tertiary/aromatic N) is 2. The summed E-state index contributed by atoms with van der Waals surface area (Å²) in [4.78, 5) is 4.54. The molecular weight excluding hydrogens is 328 g/mol. The highest BCUT2D eigenvalue weighted by molar-refractivity contribution is 9.09. The van der Waals surface area contributed by atoms with Crippen molar-refractivity contribution in [2.45, 2.75) is 57.2 Å². The van der Waals surface area contributed by atoms with Gasteiger partial charge < -0.3 is 0 Å². The van der Waals surface area contributed by atoms with E-state index in [-0.39, 0.29) is 0 Å². The van der Waals surface area contributed by atoms with Crippen molar-refractivity contribution < 1.29 is 0 Å². The van der Waals surface area contributed by atoms with E-state index in [4.69, 9.17) is 0 Å². The third-order valence-electron chi connectivity index (χ3n) is 3.11. The van der Waals surface area contributed by atoms with Crippen LogP contribution in [0.25, 0.3) is 0 Å². The molecule has 0 saturated heterocycles. The van der Waals surface area contributed by atoms with E-state index in [9.17, 15) is 0 Å². The molecule has 0 atom stereocenters. The standard InChI is InChI=1S/C13H23BrN2S2/c1-4-7-13(9-14,8-5-2)10-17-12-15-11(6-3)16-18-12/h4-10H2,1-3H3. The number of hydrogen-bond acceptors (Lipinski definition) is 4. The molecule has 0 aromatic carbocycles. The van der Waals surface area contributed by atoms with Crippen molar-refractivity contribution in [3.8, 4) is 0 Å². The number of aryl methyl sites for hydroxylation is 1. The average Bonchev–Trinajstić information content (AvgIpc) is 2.84. The van der Waals surface area contributed by atoms with Gasteiger partial charge in [-0.05, 0) is 29.8 Å². The van der Waals surface area contributed by atoms with Crippen LogP contribution < -0.4 is 0 Å². The van der Waals surface area contributed by atoms with Gasteiger partial charge >= 0.3 is 0 Å². The van der Waals surface area contributed by atoms with E-state index < -0.39 is 0 Å². The molecule has 1 rings (SSSR count). The van der Waals surface area contributed by atoms with Gasteiger partial charge in [-0.15, -0.1) is 0 Å². The number of thioether (sulfide) groups is 1. The zero-order valence-electron chi connectivity index (χ0n) is 11.5. The van der Waals surface area contributed by atoms with Crippen LogP contribution in [-0.2, 0) is 6.42 Å². The summed E-state index contributed by atoms with van der Waals surface area (Å²) in [6.07, 6.45) is 6.02. The number of halogens is 1. The quantitative estimate of drug-likeness (QED) is 0.453. The maximum Gasteiger partial charge on any atom is 0.170 e. The highest BCUT2D eigenvalue weighted by Gasteiger charge is 2.27. The predicted molar refractivity (Wildman–Crippen MR) is 86.1 cm³/mol. The Morgan fingerprint density at radius 2 is 1.89 bits per heavy atom. The molecule has 1 aromatic rings. The largest absolute Gasteiger partial charge is 0.213 e. The Balaban J connectivity index is 2.60. The van der Waals surface area contributed by atoms with Crippen LogP contribution in [0.3, 0.4) is 0 Å². The van der Waals surface area contributed by atoms with E-state index >= 15 is 0 Å². The van der Waals surface area contributed by atoms with Crippen LogP contribution in [0.4, 0.5) is 0 Å². The SMILES string of the molecule is CCCC(CBr)(CCC)CSc1nc(CC)ns1.